The fourth-order valence-electron chi connectivity index (χ4n) is 3.41. The summed E-state index contributed by atoms with van der Waals surface area (Å²) in [7, 11) is -3.58. The molecule has 0 amide bonds. The average molecular weight is 480 g/mol. The van der Waals surface area contributed by atoms with Crippen molar-refractivity contribution in [2.75, 3.05) is 18.9 Å². The standard InChI is InChI=1S/C20H29N7O3S2/c1-5-8-11-26-17-10-9-15(32(29,30)25(6-2)7-3)12-16(17)22-18(26)13-31-20-24-23-14(4)19(28)27(20)21/h9-10,12H,5-8,11,13,21H2,1-4H3. The summed E-state index contributed by atoms with van der Waals surface area (Å²) in [6.07, 6.45) is 1.96. The Bertz CT molecular complexity index is 1260. The number of aromatic nitrogens is 5. The lowest BCUT2D eigenvalue weighted by atomic mass is 10.3. The van der Waals surface area contributed by atoms with Gasteiger partial charge in [-0.2, -0.15) is 8.98 Å². The molecule has 0 atom stereocenters. The molecule has 0 bridgehead atoms. The molecule has 0 saturated heterocycles. The summed E-state index contributed by atoms with van der Waals surface area (Å²) >= 11 is 1.26. The minimum Gasteiger partial charge on any atom is -0.334 e. The highest BCUT2D eigenvalue weighted by molar-refractivity contribution is 7.98. The molecule has 10 nitrogen and oxygen atoms in total. The number of hydrogen-bond donors (Lipinski definition) is 1. The van der Waals surface area contributed by atoms with E-state index in [4.69, 9.17) is 10.8 Å². The molecule has 174 valence electrons. The molecule has 0 aliphatic carbocycles. The number of nitrogens with zero attached hydrogens (tertiary/aromatic N) is 6. The van der Waals surface area contributed by atoms with Gasteiger partial charge in [0.05, 0.1) is 21.7 Å². The Morgan fingerprint density at radius 3 is 2.53 bits per heavy atom. The molecule has 2 aromatic heterocycles. The largest absolute Gasteiger partial charge is 0.334 e. The third-order valence-corrected chi connectivity index (χ3v) is 8.21. The zero-order chi connectivity index (χ0) is 23.5. The number of aryl methyl sites for hydroxylation is 2. The van der Waals surface area contributed by atoms with E-state index in [0.29, 0.717) is 29.5 Å². The summed E-state index contributed by atoms with van der Waals surface area (Å²) in [5, 5.41) is 8.16. The Morgan fingerprint density at radius 2 is 1.88 bits per heavy atom. The highest BCUT2D eigenvalue weighted by Crippen LogP contribution is 2.26. The van der Waals surface area contributed by atoms with Crippen LogP contribution < -0.4 is 11.4 Å². The first kappa shape index (κ1) is 24.2. The van der Waals surface area contributed by atoms with Crippen LogP contribution in [0.25, 0.3) is 11.0 Å². The number of nitrogens with two attached hydrogens (primary N) is 1. The summed E-state index contributed by atoms with van der Waals surface area (Å²) in [6.45, 7) is 8.86. The molecule has 3 rings (SSSR count). The number of rotatable bonds is 10. The maximum Gasteiger partial charge on any atom is 0.294 e. The maximum atomic E-state index is 12.9. The van der Waals surface area contributed by atoms with E-state index in [1.807, 2.05) is 19.9 Å². The second kappa shape index (κ2) is 10.0. The van der Waals surface area contributed by atoms with Gasteiger partial charge in [-0.15, -0.1) is 10.2 Å². The van der Waals surface area contributed by atoms with Crippen LogP contribution in [0.1, 0.15) is 45.1 Å². The molecule has 32 heavy (non-hydrogen) atoms. The highest BCUT2D eigenvalue weighted by atomic mass is 32.2. The van der Waals surface area contributed by atoms with Crippen LogP contribution in [-0.4, -0.2) is 50.2 Å². The SMILES string of the molecule is CCCCn1c(CSc2nnc(C)c(=O)n2N)nc2cc(S(=O)(=O)N(CC)CC)ccc21. The van der Waals surface area contributed by atoms with Crippen molar-refractivity contribution in [3.63, 3.8) is 0 Å². The van der Waals surface area contributed by atoms with E-state index < -0.39 is 15.6 Å². The molecule has 0 aliphatic heterocycles. The van der Waals surface area contributed by atoms with Gasteiger partial charge in [0, 0.05) is 19.6 Å². The summed E-state index contributed by atoms with van der Waals surface area (Å²) in [5.41, 5.74) is 1.32. The first-order chi connectivity index (χ1) is 15.2. The second-order valence-corrected chi connectivity index (χ2v) is 10.2. The number of unbranched alkanes of at least 4 members (excludes halogenated alkanes) is 1. The van der Waals surface area contributed by atoms with Crippen molar-refractivity contribution >= 4 is 32.8 Å². The zero-order valence-electron chi connectivity index (χ0n) is 18.8. The van der Waals surface area contributed by atoms with E-state index in [0.717, 1.165) is 35.4 Å². The van der Waals surface area contributed by atoms with Crippen molar-refractivity contribution < 1.29 is 8.42 Å². The van der Waals surface area contributed by atoms with Crippen molar-refractivity contribution in [1.82, 2.24) is 28.7 Å². The lowest BCUT2D eigenvalue weighted by molar-refractivity contribution is 0.445. The molecule has 1 aromatic carbocycles. The van der Waals surface area contributed by atoms with Crippen LogP contribution in [0.15, 0.2) is 33.0 Å². The van der Waals surface area contributed by atoms with Gasteiger partial charge in [0.2, 0.25) is 15.2 Å². The Labute approximate surface area is 191 Å². The van der Waals surface area contributed by atoms with Crippen molar-refractivity contribution in [2.24, 2.45) is 0 Å². The van der Waals surface area contributed by atoms with Crippen LogP contribution in [-0.2, 0) is 22.3 Å². The normalized spacial score (nSPS) is 12.2. The number of thioether (sulfide) groups is 1. The highest BCUT2D eigenvalue weighted by Gasteiger charge is 2.23. The van der Waals surface area contributed by atoms with E-state index in [1.54, 1.807) is 19.1 Å². The Kier molecular flexibility index (Phi) is 7.57. The average Bonchev–Trinajstić information content (AvgIpc) is 3.12. The quantitative estimate of drug-likeness (QED) is 0.346. The van der Waals surface area contributed by atoms with Gasteiger partial charge >= 0.3 is 0 Å². The van der Waals surface area contributed by atoms with Crippen molar-refractivity contribution in [3.05, 3.63) is 40.1 Å². The minimum atomic E-state index is -3.58. The predicted molar refractivity (Wildman–Crippen MR) is 125 cm³/mol. The first-order valence-corrected chi connectivity index (χ1v) is 13.0. The van der Waals surface area contributed by atoms with Gasteiger partial charge < -0.3 is 10.4 Å². The summed E-state index contributed by atoms with van der Waals surface area (Å²) < 4.78 is 30.4. The fourth-order valence-corrected chi connectivity index (χ4v) is 5.68. The van der Waals surface area contributed by atoms with Crippen LogP contribution in [0.3, 0.4) is 0 Å². The minimum absolute atomic E-state index is 0.230. The van der Waals surface area contributed by atoms with Crippen LogP contribution >= 0.6 is 11.8 Å². The molecule has 2 heterocycles. The number of hydrogen-bond acceptors (Lipinski definition) is 8. The number of nitrogen functional groups attached to an aromatic ring is 1. The molecule has 12 heteroatoms. The van der Waals surface area contributed by atoms with Gasteiger partial charge in [-0.3, -0.25) is 4.79 Å². The molecule has 0 spiro atoms. The van der Waals surface area contributed by atoms with E-state index >= 15 is 0 Å². The van der Waals surface area contributed by atoms with Crippen LogP contribution in [0.5, 0.6) is 0 Å². The van der Waals surface area contributed by atoms with Crippen molar-refractivity contribution in [1.29, 1.82) is 0 Å². The van der Waals surface area contributed by atoms with E-state index in [-0.39, 0.29) is 10.6 Å². The third kappa shape index (κ3) is 4.66. The zero-order valence-corrected chi connectivity index (χ0v) is 20.4. The molecule has 2 N–H and O–H groups in total. The molecular weight excluding hydrogens is 450 g/mol. The van der Waals surface area contributed by atoms with Gasteiger partial charge in [-0.25, -0.2) is 13.4 Å². The van der Waals surface area contributed by atoms with E-state index in [9.17, 15) is 13.2 Å². The summed E-state index contributed by atoms with van der Waals surface area (Å²) in [5.74, 6) is 7.01. The Balaban J connectivity index is 2.00. The van der Waals surface area contributed by atoms with E-state index in [2.05, 4.69) is 21.7 Å². The number of imidazole rings is 1. The van der Waals surface area contributed by atoms with Gasteiger partial charge in [-0.05, 0) is 31.5 Å². The molecule has 0 unspecified atom stereocenters. The van der Waals surface area contributed by atoms with Crippen molar-refractivity contribution in [3.8, 4) is 0 Å². The van der Waals surface area contributed by atoms with Crippen LogP contribution in [0.2, 0.25) is 0 Å². The second-order valence-electron chi connectivity index (χ2n) is 7.30. The smallest absolute Gasteiger partial charge is 0.294 e. The van der Waals surface area contributed by atoms with Crippen LogP contribution in [0, 0.1) is 6.92 Å². The van der Waals surface area contributed by atoms with Gasteiger partial charge in [0.15, 0.2) is 0 Å². The molecule has 0 fully saturated rings. The summed E-state index contributed by atoms with van der Waals surface area (Å²) in [4.78, 5) is 17.0. The van der Waals surface area contributed by atoms with E-state index in [1.165, 1.54) is 16.1 Å². The van der Waals surface area contributed by atoms with Crippen molar-refractivity contribution in [2.45, 2.75) is 62.9 Å². The molecule has 0 aliphatic rings. The van der Waals surface area contributed by atoms with Gasteiger partial charge in [0.1, 0.15) is 11.5 Å². The topological polar surface area (TPSA) is 129 Å². The van der Waals surface area contributed by atoms with Crippen LogP contribution in [0.4, 0.5) is 0 Å². The van der Waals surface area contributed by atoms with Gasteiger partial charge in [0.25, 0.3) is 5.56 Å². The summed E-state index contributed by atoms with van der Waals surface area (Å²) in [6, 6.07) is 5.08. The maximum absolute atomic E-state index is 12.9. The first-order valence-electron chi connectivity index (χ1n) is 10.6. The molecule has 0 saturated carbocycles. The lowest BCUT2D eigenvalue weighted by Gasteiger charge is -2.18. The third-order valence-electron chi connectivity index (χ3n) is 5.23. The Morgan fingerprint density at radius 1 is 1.16 bits per heavy atom. The number of fused-ring (bicyclic) bond motifs is 1. The monoisotopic (exact) mass is 479 g/mol. The number of benzene rings is 1. The number of sulfonamides is 1. The molecule has 3 aromatic rings. The lowest BCUT2D eigenvalue weighted by Crippen LogP contribution is -2.32. The molecular formula is C20H29N7O3S2. The molecule has 0 radical (unpaired) electrons. The fraction of sp³-hybridized carbons (Fsp3) is 0.500. The predicted octanol–water partition coefficient (Wildman–Crippen LogP) is 2.13. The Hall–Kier alpha value is -2.44. The van der Waals surface area contributed by atoms with Gasteiger partial charge in [-0.1, -0.05) is 39.0 Å².